The number of rotatable bonds is 2. The average molecular weight is 255 g/mol. The number of nitrogens with zero attached hydrogens (tertiary/aromatic N) is 3. The minimum Gasteiger partial charge on any atom is -0.351 e. The Bertz CT molecular complexity index is 753. The molecule has 1 atom stereocenters. The van der Waals surface area contributed by atoms with E-state index in [2.05, 4.69) is 25.4 Å². The average Bonchev–Trinajstić information content (AvgIpc) is 3.07. The van der Waals surface area contributed by atoms with Crippen LogP contribution in [0.2, 0.25) is 0 Å². The van der Waals surface area contributed by atoms with E-state index in [1.54, 1.807) is 0 Å². The molecule has 0 radical (unpaired) electrons. The first-order valence-electron chi connectivity index (χ1n) is 6.53. The van der Waals surface area contributed by atoms with Crippen molar-refractivity contribution in [1.82, 2.24) is 15.1 Å². The van der Waals surface area contributed by atoms with E-state index in [1.807, 2.05) is 35.3 Å². The summed E-state index contributed by atoms with van der Waals surface area (Å²) in [6.45, 7) is 0.825. The van der Waals surface area contributed by atoms with Crippen LogP contribution in [-0.2, 0) is 0 Å². The molecule has 0 amide bonds. The van der Waals surface area contributed by atoms with Crippen molar-refractivity contribution >= 4 is 28.7 Å². The van der Waals surface area contributed by atoms with Crippen LogP contribution in [0.3, 0.4) is 0 Å². The van der Waals surface area contributed by atoms with Gasteiger partial charge in [-0.2, -0.15) is 0 Å². The van der Waals surface area contributed by atoms with Crippen LogP contribution in [0.15, 0.2) is 29.5 Å². The van der Waals surface area contributed by atoms with Crippen LogP contribution in [0.25, 0.3) is 16.7 Å². The van der Waals surface area contributed by atoms with Crippen molar-refractivity contribution in [2.45, 2.75) is 18.9 Å². The smallest absolute Gasteiger partial charge is 0.288 e. The van der Waals surface area contributed by atoms with Crippen LogP contribution in [0, 0.1) is 0 Å². The molecule has 0 saturated carbocycles. The van der Waals surface area contributed by atoms with Crippen molar-refractivity contribution < 1.29 is 4.52 Å². The van der Waals surface area contributed by atoms with Crippen LogP contribution in [0.4, 0.5) is 5.82 Å². The molecule has 96 valence electrons. The van der Waals surface area contributed by atoms with Gasteiger partial charge in [0.05, 0.1) is 12.7 Å². The van der Waals surface area contributed by atoms with Gasteiger partial charge in [0.25, 0.3) is 11.3 Å². The van der Waals surface area contributed by atoms with Crippen molar-refractivity contribution in [2.24, 2.45) is 4.99 Å². The van der Waals surface area contributed by atoms with E-state index in [0.29, 0.717) is 6.04 Å². The van der Waals surface area contributed by atoms with Gasteiger partial charge in [0.1, 0.15) is 5.39 Å². The summed E-state index contributed by atoms with van der Waals surface area (Å²) in [7, 11) is 0. The Balaban J connectivity index is 1.82. The number of anilines is 1. The van der Waals surface area contributed by atoms with Crippen molar-refractivity contribution in [3.05, 3.63) is 24.5 Å². The molecule has 0 aromatic carbocycles. The summed E-state index contributed by atoms with van der Waals surface area (Å²) in [5.74, 6) is 0.929. The number of H-pyrrole nitrogens is 2. The van der Waals surface area contributed by atoms with Gasteiger partial charge in [-0.15, -0.1) is 4.52 Å². The van der Waals surface area contributed by atoms with Gasteiger partial charge in [0.15, 0.2) is 0 Å². The van der Waals surface area contributed by atoms with E-state index in [0.717, 1.165) is 41.9 Å². The van der Waals surface area contributed by atoms with Gasteiger partial charge in [-0.3, -0.25) is 15.1 Å². The molecule has 0 bridgehead atoms. The third-order valence-corrected chi connectivity index (χ3v) is 3.54. The lowest BCUT2D eigenvalue weighted by atomic mass is 10.1. The zero-order valence-electron chi connectivity index (χ0n) is 10.4. The monoisotopic (exact) mass is 255 g/mol. The highest BCUT2D eigenvalue weighted by Gasteiger charge is 2.19. The Morgan fingerprint density at radius 2 is 2.32 bits per heavy atom. The fraction of sp³-hybridized carbons (Fsp3) is 0.308. The standard InChI is InChI=1S/C13H14N6/c1-2-9(8-14-5-1)17-12-10-3-6-15-13(10)19-11(18-12)4-7-16-19/h3-7,9H,1-2,8H2,(H2,15,16,17,18)/p+1/t9-/m0/s1. The maximum atomic E-state index is 4.68. The predicted octanol–water partition coefficient (Wildman–Crippen LogP) is 1.27. The Kier molecular flexibility index (Phi) is 2.26. The molecule has 6 nitrogen and oxygen atoms in total. The minimum absolute atomic E-state index is 0.372. The van der Waals surface area contributed by atoms with E-state index in [-0.39, 0.29) is 0 Å². The van der Waals surface area contributed by atoms with E-state index >= 15 is 0 Å². The topological polar surface area (TPSA) is 73.0 Å². The molecule has 4 heterocycles. The summed E-state index contributed by atoms with van der Waals surface area (Å²) < 4.78 is 1.94. The maximum Gasteiger partial charge on any atom is 0.288 e. The summed E-state index contributed by atoms with van der Waals surface area (Å²) in [6.07, 6.45) is 7.97. The summed E-state index contributed by atoms with van der Waals surface area (Å²) in [5, 5.41) is 7.76. The number of aromatic amines is 2. The second-order valence-corrected chi connectivity index (χ2v) is 4.82. The summed E-state index contributed by atoms with van der Waals surface area (Å²) in [6, 6.07) is 4.38. The summed E-state index contributed by atoms with van der Waals surface area (Å²) in [5.41, 5.74) is 1.92. The van der Waals surface area contributed by atoms with Crippen LogP contribution in [-0.4, -0.2) is 33.9 Å². The Hall–Kier alpha value is -2.37. The SMILES string of the molecule is C1=NC[C@@H](Nc2nc3cc[nH][n+]3c3[nH]ccc23)CC1. The molecule has 6 heteroatoms. The van der Waals surface area contributed by atoms with Gasteiger partial charge in [-0.25, -0.2) is 0 Å². The molecular formula is C13H15N6+. The van der Waals surface area contributed by atoms with Crippen LogP contribution >= 0.6 is 0 Å². The molecule has 3 N–H and O–H groups in total. The van der Waals surface area contributed by atoms with E-state index < -0.39 is 0 Å². The van der Waals surface area contributed by atoms with Gasteiger partial charge in [-0.05, 0) is 25.1 Å². The molecule has 0 saturated heterocycles. The zero-order valence-corrected chi connectivity index (χ0v) is 10.4. The lowest BCUT2D eigenvalue weighted by molar-refractivity contribution is -0.552. The predicted molar refractivity (Wildman–Crippen MR) is 73.6 cm³/mol. The molecule has 19 heavy (non-hydrogen) atoms. The molecule has 1 aliphatic heterocycles. The molecule has 3 aromatic heterocycles. The maximum absolute atomic E-state index is 4.68. The number of hydrogen-bond donors (Lipinski definition) is 3. The highest BCUT2D eigenvalue weighted by atomic mass is 15.3. The molecular weight excluding hydrogens is 240 g/mol. The largest absolute Gasteiger partial charge is 0.351 e. The van der Waals surface area contributed by atoms with Gasteiger partial charge >= 0.3 is 0 Å². The quantitative estimate of drug-likeness (QED) is 0.603. The minimum atomic E-state index is 0.372. The fourth-order valence-corrected chi connectivity index (χ4v) is 2.59. The zero-order chi connectivity index (χ0) is 12.7. The number of hydrogen-bond acceptors (Lipinski definition) is 3. The molecule has 3 aromatic rings. The van der Waals surface area contributed by atoms with Gasteiger partial charge in [0, 0.05) is 18.3 Å². The second kappa shape index (κ2) is 4.08. The molecule has 0 aliphatic carbocycles. The number of aliphatic imine (C=N–C) groups is 1. The molecule has 0 unspecified atom stereocenters. The first kappa shape index (κ1) is 10.5. The third kappa shape index (κ3) is 1.68. The van der Waals surface area contributed by atoms with Gasteiger partial charge in [0.2, 0.25) is 5.82 Å². The van der Waals surface area contributed by atoms with Gasteiger partial charge < -0.3 is 5.32 Å². The number of fused-ring (bicyclic) bond motifs is 3. The Labute approximate surface area is 109 Å². The molecule has 0 spiro atoms. The highest BCUT2D eigenvalue weighted by Crippen LogP contribution is 2.20. The van der Waals surface area contributed by atoms with Crippen LogP contribution in [0.5, 0.6) is 0 Å². The number of nitrogens with one attached hydrogen (secondary N) is 3. The van der Waals surface area contributed by atoms with E-state index in [4.69, 9.17) is 0 Å². The summed E-state index contributed by atoms with van der Waals surface area (Å²) in [4.78, 5) is 12.3. The Morgan fingerprint density at radius 3 is 3.21 bits per heavy atom. The molecule has 4 rings (SSSR count). The number of aromatic nitrogens is 4. The van der Waals surface area contributed by atoms with Crippen molar-refractivity contribution in [1.29, 1.82) is 0 Å². The van der Waals surface area contributed by atoms with Crippen molar-refractivity contribution in [3.8, 4) is 0 Å². The molecule has 1 aliphatic rings. The lowest BCUT2D eigenvalue weighted by Gasteiger charge is -2.18. The van der Waals surface area contributed by atoms with Crippen LogP contribution in [0.1, 0.15) is 12.8 Å². The van der Waals surface area contributed by atoms with Crippen molar-refractivity contribution in [3.63, 3.8) is 0 Å². The Morgan fingerprint density at radius 1 is 1.32 bits per heavy atom. The fourth-order valence-electron chi connectivity index (χ4n) is 2.59. The molecule has 0 fully saturated rings. The van der Waals surface area contributed by atoms with E-state index in [1.165, 1.54) is 0 Å². The second-order valence-electron chi connectivity index (χ2n) is 4.82. The third-order valence-electron chi connectivity index (χ3n) is 3.54. The first-order valence-corrected chi connectivity index (χ1v) is 6.53. The lowest BCUT2D eigenvalue weighted by Crippen LogP contribution is -2.29. The highest BCUT2D eigenvalue weighted by molar-refractivity contribution is 5.86. The normalized spacial score (nSPS) is 19.3. The van der Waals surface area contributed by atoms with E-state index in [9.17, 15) is 0 Å². The van der Waals surface area contributed by atoms with Crippen molar-refractivity contribution in [2.75, 3.05) is 11.9 Å². The van der Waals surface area contributed by atoms with Crippen LogP contribution < -0.4 is 9.83 Å². The first-order chi connectivity index (χ1) is 9.42. The van der Waals surface area contributed by atoms with Gasteiger partial charge in [-0.1, -0.05) is 4.98 Å². The summed E-state index contributed by atoms with van der Waals surface area (Å²) >= 11 is 0.